The van der Waals surface area contributed by atoms with Gasteiger partial charge >= 0.3 is 0 Å². The van der Waals surface area contributed by atoms with Gasteiger partial charge in [-0.3, -0.25) is 24.1 Å². The molecule has 3 fully saturated rings. The van der Waals surface area contributed by atoms with E-state index in [0.29, 0.717) is 5.57 Å². The Balaban J connectivity index is 1.41. The minimum Gasteiger partial charge on any atom is -0.508 e. The number of allylic oxidation sites excluding steroid dienone is 2. The van der Waals surface area contributed by atoms with Crippen LogP contribution in [-0.2, 0) is 19.2 Å². The van der Waals surface area contributed by atoms with Crippen molar-refractivity contribution >= 4 is 64.3 Å². The maximum Gasteiger partial charge on any atom is 0.258 e. The number of imide groups is 2. The first-order valence-corrected chi connectivity index (χ1v) is 15.3. The number of anilines is 2. The van der Waals surface area contributed by atoms with Crippen molar-refractivity contribution in [2.24, 2.45) is 17.8 Å². The smallest absolute Gasteiger partial charge is 0.258 e. The van der Waals surface area contributed by atoms with Gasteiger partial charge < -0.3 is 5.11 Å². The van der Waals surface area contributed by atoms with Gasteiger partial charge in [0.05, 0.1) is 17.5 Å². The van der Waals surface area contributed by atoms with Crippen LogP contribution in [0.3, 0.4) is 0 Å². The average molecular weight is 703 g/mol. The van der Waals surface area contributed by atoms with Crippen LogP contribution in [0.15, 0.2) is 66.8 Å². The van der Waals surface area contributed by atoms with Crippen molar-refractivity contribution in [3.05, 3.63) is 107 Å². The summed E-state index contributed by atoms with van der Waals surface area (Å²) in [5.41, 5.74) is -0.367. The summed E-state index contributed by atoms with van der Waals surface area (Å²) in [4.78, 5) is 51.8. The first kappa shape index (κ1) is 32.0. The Labute approximate surface area is 278 Å². The van der Waals surface area contributed by atoms with E-state index < -0.39 is 98.2 Å². The van der Waals surface area contributed by atoms with E-state index in [0.717, 1.165) is 10.5 Å². The molecule has 3 aromatic rings. The summed E-state index contributed by atoms with van der Waals surface area (Å²) in [6.45, 7) is 3.68. The van der Waals surface area contributed by atoms with Crippen LogP contribution in [-0.4, -0.2) is 38.5 Å². The fourth-order valence-corrected chi connectivity index (χ4v) is 8.56. The van der Waals surface area contributed by atoms with Gasteiger partial charge in [0.15, 0.2) is 33.0 Å². The molecule has 0 spiro atoms. The zero-order chi connectivity index (χ0) is 34.6. The number of hydrogen-bond donors (Lipinski definition) is 1. The second-order valence-electron chi connectivity index (χ2n) is 12.1. The molecule has 14 heteroatoms. The number of aromatic hydroxyl groups is 1. The number of phenols is 1. The molecule has 6 atom stereocenters. The van der Waals surface area contributed by atoms with Crippen LogP contribution < -0.4 is 9.80 Å². The Morgan fingerprint density at radius 1 is 0.771 bits per heavy atom. The second kappa shape index (κ2) is 10.7. The number of carbonyl (C=O) groups is 4. The number of phenolic OH excluding ortho intramolecular Hbond substituents is 1. The van der Waals surface area contributed by atoms with Gasteiger partial charge in [0.25, 0.3) is 11.8 Å². The third-order valence-corrected chi connectivity index (χ3v) is 11.2. The van der Waals surface area contributed by atoms with E-state index in [1.54, 1.807) is 36.4 Å². The van der Waals surface area contributed by atoms with E-state index in [-0.39, 0.29) is 28.3 Å². The van der Waals surface area contributed by atoms with Crippen molar-refractivity contribution in [2.75, 3.05) is 9.80 Å². The number of amides is 4. The Kier molecular flexibility index (Phi) is 7.16. The maximum atomic E-state index is 15.1. The van der Waals surface area contributed by atoms with E-state index in [9.17, 15) is 37.5 Å². The van der Waals surface area contributed by atoms with E-state index in [1.165, 1.54) is 24.3 Å². The van der Waals surface area contributed by atoms with Gasteiger partial charge in [-0.25, -0.2) is 26.9 Å². The largest absolute Gasteiger partial charge is 0.508 e. The van der Waals surface area contributed by atoms with Crippen LogP contribution in [0.4, 0.5) is 33.3 Å². The van der Waals surface area contributed by atoms with Crippen LogP contribution in [0.5, 0.6) is 5.75 Å². The van der Waals surface area contributed by atoms with Crippen molar-refractivity contribution in [2.45, 2.75) is 28.5 Å². The number of nitrogens with zero attached hydrogens (tertiary/aromatic N) is 2. The topological polar surface area (TPSA) is 95.0 Å². The first-order chi connectivity index (χ1) is 22.7. The SMILES string of the molecule is C=Cc1ccc(N2C(=O)C3CC=C4C(CC5(Cl)C(=O)N(c6c(F)c(F)c(F)c(F)c6F)C(=O)C5(Cl)C4c4ccc(O)cc4)C3C2=O)cc1. The van der Waals surface area contributed by atoms with Crippen LogP contribution in [0.2, 0.25) is 0 Å². The summed E-state index contributed by atoms with van der Waals surface area (Å²) in [5, 5.41) is 9.99. The second-order valence-corrected chi connectivity index (χ2v) is 13.3. The quantitative estimate of drug-likeness (QED) is 0.0837. The predicted molar refractivity (Wildman–Crippen MR) is 164 cm³/mol. The van der Waals surface area contributed by atoms with Crippen molar-refractivity contribution in [3.63, 3.8) is 0 Å². The average Bonchev–Trinajstić information content (AvgIpc) is 3.41. The van der Waals surface area contributed by atoms with Gasteiger partial charge in [-0.2, -0.15) is 0 Å². The molecule has 48 heavy (non-hydrogen) atoms. The molecule has 4 amide bonds. The monoisotopic (exact) mass is 702 g/mol. The van der Waals surface area contributed by atoms with Crippen molar-refractivity contribution in [1.29, 1.82) is 0 Å². The summed E-state index contributed by atoms with van der Waals surface area (Å²) >= 11 is 14.1. The fraction of sp³-hybridized carbons (Fsp3) is 0.235. The van der Waals surface area contributed by atoms with Gasteiger partial charge in [-0.1, -0.05) is 48.6 Å². The molecule has 3 aromatic carbocycles. The lowest BCUT2D eigenvalue weighted by molar-refractivity contribution is -0.125. The molecule has 1 saturated carbocycles. The van der Waals surface area contributed by atoms with E-state index in [4.69, 9.17) is 23.2 Å². The molecule has 0 bridgehead atoms. The van der Waals surface area contributed by atoms with Crippen LogP contribution in [0.1, 0.15) is 29.9 Å². The zero-order valence-electron chi connectivity index (χ0n) is 24.3. The highest BCUT2D eigenvalue weighted by Gasteiger charge is 2.77. The van der Waals surface area contributed by atoms with E-state index in [2.05, 4.69) is 6.58 Å². The minimum atomic E-state index is -2.64. The summed E-state index contributed by atoms with van der Waals surface area (Å²) < 4.78 is 72.9. The van der Waals surface area contributed by atoms with Gasteiger partial charge in [0.1, 0.15) is 11.4 Å². The number of fused-ring (bicyclic) bond motifs is 4. The fourth-order valence-electron chi connectivity index (χ4n) is 7.62. The molecule has 2 saturated heterocycles. The molecular formula is C34H21Cl2F5N2O5. The van der Waals surface area contributed by atoms with Gasteiger partial charge in [-0.15, -0.1) is 23.2 Å². The standard InChI is InChI=1S/C34H21Cl2F5N2O5/c1-2-14-3-7-16(8-4-14)42-29(45)19-12-11-18-20(21(19)30(42)46)13-33(35)31(47)43(28-26(40)24(38)23(37)25(39)27(28)41)32(48)34(33,36)22(18)15-5-9-17(44)10-6-15/h2-11,19-22,44H,1,12-13H2. The molecule has 1 N–H and O–H groups in total. The van der Waals surface area contributed by atoms with E-state index >= 15 is 8.78 Å². The molecule has 7 rings (SSSR count). The number of benzene rings is 3. The first-order valence-electron chi connectivity index (χ1n) is 14.6. The van der Waals surface area contributed by atoms with Crippen LogP contribution >= 0.6 is 23.2 Å². The summed E-state index contributed by atoms with van der Waals surface area (Å²) in [5.74, 6) is -21.3. The number of rotatable bonds is 4. The lowest BCUT2D eigenvalue weighted by Gasteiger charge is -2.50. The molecule has 2 aliphatic carbocycles. The lowest BCUT2D eigenvalue weighted by Crippen LogP contribution is -2.60. The molecule has 6 unspecified atom stereocenters. The van der Waals surface area contributed by atoms with Gasteiger partial charge in [0.2, 0.25) is 17.6 Å². The molecule has 0 radical (unpaired) electrons. The number of hydrogen-bond acceptors (Lipinski definition) is 5. The maximum absolute atomic E-state index is 15.1. The normalized spacial score (nSPS) is 29.5. The minimum absolute atomic E-state index is 0.00262. The van der Waals surface area contributed by atoms with E-state index in [1.807, 2.05) is 0 Å². The van der Waals surface area contributed by atoms with Crippen LogP contribution in [0.25, 0.3) is 6.08 Å². The Bertz CT molecular complexity index is 1990. The van der Waals surface area contributed by atoms with Crippen molar-refractivity contribution in [3.8, 4) is 5.75 Å². The molecule has 246 valence electrons. The Hall–Kier alpha value is -4.55. The van der Waals surface area contributed by atoms with Gasteiger partial charge in [-0.05, 0) is 54.2 Å². The summed E-state index contributed by atoms with van der Waals surface area (Å²) in [7, 11) is 0. The molecule has 7 nitrogen and oxygen atoms in total. The number of halogens is 7. The third kappa shape index (κ3) is 3.99. The highest BCUT2D eigenvalue weighted by atomic mass is 35.5. The highest BCUT2D eigenvalue weighted by molar-refractivity contribution is 6.58. The third-order valence-electron chi connectivity index (χ3n) is 9.83. The molecule has 2 aliphatic heterocycles. The predicted octanol–water partition coefficient (Wildman–Crippen LogP) is 6.50. The highest BCUT2D eigenvalue weighted by Crippen LogP contribution is 2.66. The lowest BCUT2D eigenvalue weighted by atomic mass is 9.56. The van der Waals surface area contributed by atoms with Crippen LogP contribution in [0, 0.1) is 46.8 Å². The van der Waals surface area contributed by atoms with Crippen molar-refractivity contribution < 1.29 is 46.2 Å². The summed E-state index contributed by atoms with van der Waals surface area (Å²) in [6.07, 6.45) is 2.56. The van der Waals surface area contributed by atoms with Crippen molar-refractivity contribution in [1.82, 2.24) is 0 Å². The number of carbonyl (C=O) groups excluding carboxylic acids is 4. The Morgan fingerprint density at radius 3 is 1.94 bits per heavy atom. The molecule has 0 aromatic heterocycles. The molecular weight excluding hydrogens is 682 g/mol. The molecule has 2 heterocycles. The zero-order valence-corrected chi connectivity index (χ0v) is 25.8. The van der Waals surface area contributed by atoms with Gasteiger partial charge in [0, 0.05) is 5.92 Å². The molecule has 4 aliphatic rings. The Morgan fingerprint density at radius 2 is 1.35 bits per heavy atom. The number of alkyl halides is 2. The summed E-state index contributed by atoms with van der Waals surface area (Å²) in [6, 6.07) is 11.6.